The molecule has 0 aliphatic carbocycles. The molecule has 2 atom stereocenters. The van der Waals surface area contributed by atoms with Crippen molar-refractivity contribution in [1.82, 2.24) is 10.6 Å². The van der Waals surface area contributed by atoms with Crippen LogP contribution in [0.25, 0.3) is 0 Å². The molecule has 1 unspecified atom stereocenters. The van der Waals surface area contributed by atoms with Gasteiger partial charge in [-0.05, 0) is 50.2 Å². The summed E-state index contributed by atoms with van der Waals surface area (Å²) >= 11 is 0. The smallest absolute Gasteiger partial charge is 0.249 e. The van der Waals surface area contributed by atoms with E-state index < -0.39 is 6.10 Å². The van der Waals surface area contributed by atoms with Gasteiger partial charge >= 0.3 is 0 Å². The van der Waals surface area contributed by atoms with Crippen molar-refractivity contribution in [1.29, 1.82) is 0 Å². The number of benzene rings is 1. The van der Waals surface area contributed by atoms with E-state index in [2.05, 4.69) is 41.8 Å². The Morgan fingerprint density at radius 1 is 1.04 bits per heavy atom. The zero-order valence-corrected chi connectivity index (χ0v) is 17.5. The van der Waals surface area contributed by atoms with Crippen molar-refractivity contribution in [3.63, 3.8) is 0 Å². The Hall–Kier alpha value is -1.88. The third-order valence-electron chi connectivity index (χ3n) is 4.57. The lowest BCUT2D eigenvalue weighted by atomic mass is 10.1. The van der Waals surface area contributed by atoms with Gasteiger partial charge in [-0.15, -0.1) is 0 Å². The third kappa shape index (κ3) is 9.05. The van der Waals surface area contributed by atoms with E-state index in [0.29, 0.717) is 26.0 Å². The molecule has 1 rings (SSSR count). The van der Waals surface area contributed by atoms with Crippen LogP contribution in [0.15, 0.2) is 24.3 Å². The molecule has 27 heavy (non-hydrogen) atoms. The van der Waals surface area contributed by atoms with Crippen LogP contribution < -0.4 is 10.6 Å². The largest absolute Gasteiger partial charge is 0.368 e. The van der Waals surface area contributed by atoms with Crippen molar-refractivity contribution in [3.8, 4) is 0 Å². The quantitative estimate of drug-likeness (QED) is 0.588. The van der Waals surface area contributed by atoms with Crippen molar-refractivity contribution in [2.24, 2.45) is 5.92 Å². The van der Waals surface area contributed by atoms with Gasteiger partial charge in [0.15, 0.2) is 0 Å². The highest BCUT2D eigenvalue weighted by atomic mass is 16.5. The molecule has 5 nitrogen and oxygen atoms in total. The summed E-state index contributed by atoms with van der Waals surface area (Å²) in [4.78, 5) is 24.3. The van der Waals surface area contributed by atoms with Crippen molar-refractivity contribution in [2.45, 2.75) is 72.4 Å². The maximum Gasteiger partial charge on any atom is 0.249 e. The molecule has 0 radical (unpaired) electrons. The first kappa shape index (κ1) is 23.2. The Balaban J connectivity index is 2.26. The fourth-order valence-corrected chi connectivity index (χ4v) is 2.86. The summed E-state index contributed by atoms with van der Waals surface area (Å²) in [6.45, 7) is 11.0. The lowest BCUT2D eigenvalue weighted by Gasteiger charge is -2.22. The molecule has 2 N–H and O–H groups in total. The number of carbonyl (C=O) groups is 2. The minimum atomic E-state index is -0.425. The van der Waals surface area contributed by atoms with E-state index in [-0.39, 0.29) is 23.8 Å². The molecule has 2 amide bonds. The zero-order valence-electron chi connectivity index (χ0n) is 17.5. The second-order valence-corrected chi connectivity index (χ2v) is 7.34. The first-order valence-corrected chi connectivity index (χ1v) is 10.1. The first-order valence-electron chi connectivity index (χ1n) is 10.1. The Kier molecular flexibility index (Phi) is 10.7. The van der Waals surface area contributed by atoms with Gasteiger partial charge in [0.25, 0.3) is 0 Å². The standard InChI is InChI=1S/C22H36N2O3/c1-6-18-8-10-19(11-9-18)12-13-20(25)23-15-14-17(5)24-22(26)21(16(3)4)27-7-2/h8-11,16-17,21H,6-7,12-15H2,1-5H3,(H,23,25)(H,24,26)/t17-,21?/m0/s1. The Morgan fingerprint density at radius 3 is 2.22 bits per heavy atom. The summed E-state index contributed by atoms with van der Waals surface area (Å²) in [5.41, 5.74) is 2.49. The number of nitrogens with one attached hydrogen (secondary N) is 2. The van der Waals surface area contributed by atoms with Crippen LogP contribution in [-0.4, -0.2) is 37.1 Å². The minimum Gasteiger partial charge on any atom is -0.368 e. The van der Waals surface area contributed by atoms with Crippen LogP contribution in [0.4, 0.5) is 0 Å². The summed E-state index contributed by atoms with van der Waals surface area (Å²) in [5, 5.41) is 5.91. The van der Waals surface area contributed by atoms with Crippen molar-refractivity contribution in [2.75, 3.05) is 13.2 Å². The van der Waals surface area contributed by atoms with E-state index >= 15 is 0 Å². The second-order valence-electron chi connectivity index (χ2n) is 7.34. The molecule has 1 aromatic rings. The van der Waals surface area contributed by atoms with Crippen LogP contribution in [0, 0.1) is 5.92 Å². The van der Waals surface area contributed by atoms with Gasteiger partial charge in [0.05, 0.1) is 0 Å². The van der Waals surface area contributed by atoms with Crippen LogP contribution >= 0.6 is 0 Å². The highest BCUT2D eigenvalue weighted by Gasteiger charge is 2.23. The average molecular weight is 377 g/mol. The lowest BCUT2D eigenvalue weighted by Crippen LogP contribution is -2.44. The highest BCUT2D eigenvalue weighted by molar-refractivity contribution is 5.81. The summed E-state index contributed by atoms with van der Waals surface area (Å²) < 4.78 is 5.52. The number of hydrogen-bond acceptors (Lipinski definition) is 3. The van der Waals surface area contributed by atoms with Gasteiger partial charge < -0.3 is 15.4 Å². The molecule has 5 heteroatoms. The summed E-state index contributed by atoms with van der Waals surface area (Å²) in [5.74, 6) is 0.0897. The van der Waals surface area contributed by atoms with Crippen LogP contribution in [-0.2, 0) is 27.2 Å². The number of ether oxygens (including phenoxy) is 1. The SMILES string of the molecule is CCOC(C(=O)N[C@@H](C)CCNC(=O)CCc1ccc(CC)cc1)C(C)C. The molecule has 152 valence electrons. The monoisotopic (exact) mass is 376 g/mol. The Morgan fingerprint density at radius 2 is 1.67 bits per heavy atom. The third-order valence-corrected chi connectivity index (χ3v) is 4.57. The Bertz CT molecular complexity index is 569. The van der Waals surface area contributed by atoms with E-state index in [1.807, 2.05) is 27.7 Å². The number of carbonyl (C=O) groups excluding carboxylic acids is 2. The fraction of sp³-hybridized carbons (Fsp3) is 0.636. The molecule has 0 saturated heterocycles. The van der Waals surface area contributed by atoms with Crippen molar-refractivity contribution < 1.29 is 14.3 Å². The van der Waals surface area contributed by atoms with E-state index in [0.717, 1.165) is 12.8 Å². The molecule has 0 aliphatic rings. The van der Waals surface area contributed by atoms with Crippen LogP contribution in [0.3, 0.4) is 0 Å². The molecular weight excluding hydrogens is 340 g/mol. The summed E-state index contributed by atoms with van der Waals surface area (Å²) in [7, 11) is 0. The van der Waals surface area contributed by atoms with Gasteiger partial charge in [0.2, 0.25) is 11.8 Å². The highest BCUT2D eigenvalue weighted by Crippen LogP contribution is 2.08. The topological polar surface area (TPSA) is 67.4 Å². The van der Waals surface area contributed by atoms with E-state index in [1.165, 1.54) is 11.1 Å². The van der Waals surface area contributed by atoms with Crippen molar-refractivity contribution >= 4 is 11.8 Å². The van der Waals surface area contributed by atoms with Crippen LogP contribution in [0.2, 0.25) is 0 Å². The normalized spacial score (nSPS) is 13.3. The predicted molar refractivity (Wildman–Crippen MR) is 110 cm³/mol. The van der Waals surface area contributed by atoms with E-state index in [1.54, 1.807) is 0 Å². The van der Waals surface area contributed by atoms with Gasteiger partial charge in [-0.1, -0.05) is 45.0 Å². The summed E-state index contributed by atoms with van der Waals surface area (Å²) in [6.07, 6.45) is 2.52. The molecule has 0 aromatic heterocycles. The number of aryl methyl sites for hydroxylation is 2. The van der Waals surface area contributed by atoms with Gasteiger partial charge in [-0.3, -0.25) is 9.59 Å². The molecule has 0 heterocycles. The molecule has 0 saturated carbocycles. The van der Waals surface area contributed by atoms with E-state index in [4.69, 9.17) is 4.74 Å². The maximum atomic E-state index is 12.3. The van der Waals surface area contributed by atoms with Gasteiger partial charge in [-0.25, -0.2) is 0 Å². The molecule has 0 bridgehead atoms. The van der Waals surface area contributed by atoms with Crippen LogP contribution in [0.5, 0.6) is 0 Å². The maximum absolute atomic E-state index is 12.3. The van der Waals surface area contributed by atoms with Gasteiger partial charge in [0.1, 0.15) is 6.10 Å². The molecule has 0 aliphatic heterocycles. The van der Waals surface area contributed by atoms with Gasteiger partial charge in [0, 0.05) is 25.6 Å². The molecule has 1 aromatic carbocycles. The van der Waals surface area contributed by atoms with E-state index in [9.17, 15) is 9.59 Å². The molecular formula is C22H36N2O3. The van der Waals surface area contributed by atoms with Crippen molar-refractivity contribution in [3.05, 3.63) is 35.4 Å². The zero-order chi connectivity index (χ0) is 20.2. The molecule has 0 spiro atoms. The first-order chi connectivity index (χ1) is 12.9. The number of rotatable bonds is 12. The average Bonchev–Trinajstić information content (AvgIpc) is 2.64. The number of hydrogen-bond donors (Lipinski definition) is 2. The number of amides is 2. The second kappa shape index (κ2) is 12.5. The molecule has 0 fully saturated rings. The van der Waals surface area contributed by atoms with Gasteiger partial charge in [-0.2, -0.15) is 0 Å². The fourth-order valence-electron chi connectivity index (χ4n) is 2.86. The van der Waals surface area contributed by atoms with Crippen LogP contribution in [0.1, 0.15) is 58.6 Å². The summed E-state index contributed by atoms with van der Waals surface area (Å²) in [6, 6.07) is 8.40. The minimum absolute atomic E-state index is 0.0129. The Labute approximate surface area is 164 Å². The predicted octanol–water partition coefficient (Wildman–Crippen LogP) is 3.25. The lowest BCUT2D eigenvalue weighted by molar-refractivity contribution is -0.136.